The summed E-state index contributed by atoms with van der Waals surface area (Å²) in [5.74, 6) is 2.37. The Balaban J connectivity index is 1.59. The molecule has 22 heavy (non-hydrogen) atoms. The Morgan fingerprint density at radius 1 is 1.50 bits per heavy atom. The molecule has 7 heteroatoms. The number of β-amino-alcohol motifs (C(OH)–C–C–N with tert-alkyl or cyclic N) is 1. The van der Waals surface area contributed by atoms with Gasteiger partial charge in [0.1, 0.15) is 0 Å². The number of hydrogen-bond donors (Lipinski definition) is 2. The van der Waals surface area contributed by atoms with Crippen LogP contribution in [0, 0.1) is 5.92 Å². The maximum absolute atomic E-state index is 11.7. The van der Waals surface area contributed by atoms with E-state index in [2.05, 4.69) is 27.1 Å². The number of aliphatic hydroxyl groups is 1. The molecule has 0 bridgehead atoms. The molecule has 1 amide bonds. The van der Waals surface area contributed by atoms with Gasteiger partial charge in [0.15, 0.2) is 6.04 Å². The highest BCUT2D eigenvalue weighted by Crippen LogP contribution is 2.26. The summed E-state index contributed by atoms with van der Waals surface area (Å²) in [6, 6.07) is -0.483. The van der Waals surface area contributed by atoms with Crippen molar-refractivity contribution in [1.29, 1.82) is 0 Å². The molecule has 3 rings (SSSR count). The lowest BCUT2D eigenvalue weighted by molar-refractivity contribution is -0.120. The van der Waals surface area contributed by atoms with Crippen LogP contribution in [0.1, 0.15) is 13.3 Å². The van der Waals surface area contributed by atoms with E-state index in [0.29, 0.717) is 19.0 Å². The topological polar surface area (TPSA) is 77.3 Å². The highest BCUT2D eigenvalue weighted by atomic mass is 32.2. The number of carbonyl (C=O) groups is 1. The van der Waals surface area contributed by atoms with Crippen molar-refractivity contribution in [2.75, 3.05) is 31.1 Å². The molecule has 3 aliphatic rings. The molecule has 2 unspecified atom stereocenters. The van der Waals surface area contributed by atoms with Gasteiger partial charge in [0.2, 0.25) is 0 Å². The van der Waals surface area contributed by atoms with E-state index in [-0.39, 0.29) is 12.0 Å². The van der Waals surface area contributed by atoms with Crippen molar-refractivity contribution < 1.29 is 9.90 Å². The van der Waals surface area contributed by atoms with Crippen LogP contribution >= 0.6 is 11.8 Å². The molecule has 6 nitrogen and oxygen atoms in total. The lowest BCUT2D eigenvalue weighted by atomic mass is 10.1. The normalized spacial score (nSPS) is 31.0. The third kappa shape index (κ3) is 3.26. The van der Waals surface area contributed by atoms with Crippen molar-refractivity contribution in [2.45, 2.75) is 25.5 Å². The highest BCUT2D eigenvalue weighted by molar-refractivity contribution is 7.99. The molecule has 0 aromatic heterocycles. The first-order valence-electron chi connectivity index (χ1n) is 7.76. The standard InChI is InChI=1S/C15H22N4O2S/c1-2-3-22-8-11-6-19(7-12(11)20)5-10-4-16-14-13(10)17-9-18-15(14)21/h4,9,11-12,14,20H,2-3,5-8H2,1H3,(H,17,18,21)/t11-,12?,14?/m1/s1. The van der Waals surface area contributed by atoms with Crippen LogP contribution in [0.2, 0.25) is 0 Å². The fourth-order valence-electron chi connectivity index (χ4n) is 3.04. The number of fused-ring (bicyclic) bond motifs is 1. The minimum atomic E-state index is -0.483. The van der Waals surface area contributed by atoms with Crippen LogP contribution < -0.4 is 5.32 Å². The molecule has 0 saturated carbocycles. The summed E-state index contributed by atoms with van der Waals surface area (Å²) in [6.07, 6.45) is 4.10. The second-order valence-electron chi connectivity index (χ2n) is 5.95. The number of hydrogen-bond acceptors (Lipinski definition) is 6. The fourth-order valence-corrected chi connectivity index (χ4v) is 4.13. The first-order chi connectivity index (χ1) is 10.7. The molecule has 3 atom stereocenters. The molecule has 1 fully saturated rings. The smallest absolute Gasteiger partial charge is 0.256 e. The molecule has 120 valence electrons. The molecule has 0 radical (unpaired) electrons. The molecular weight excluding hydrogens is 300 g/mol. The average Bonchev–Trinajstić information content (AvgIpc) is 3.05. The summed E-state index contributed by atoms with van der Waals surface area (Å²) in [6.45, 7) is 4.45. The first-order valence-corrected chi connectivity index (χ1v) is 8.91. The van der Waals surface area contributed by atoms with Crippen molar-refractivity contribution in [3.05, 3.63) is 11.3 Å². The number of aliphatic imine (C=N–C) groups is 2. The van der Waals surface area contributed by atoms with Gasteiger partial charge in [-0.15, -0.1) is 0 Å². The summed E-state index contributed by atoms with van der Waals surface area (Å²) in [4.78, 5) is 22.5. The highest BCUT2D eigenvalue weighted by Gasteiger charge is 2.34. The van der Waals surface area contributed by atoms with Gasteiger partial charge in [-0.3, -0.25) is 14.7 Å². The number of aliphatic hydroxyl groups excluding tert-OH is 1. The Kier molecular flexibility index (Phi) is 4.95. The maximum Gasteiger partial charge on any atom is 0.256 e. The van der Waals surface area contributed by atoms with E-state index in [4.69, 9.17) is 0 Å². The molecular formula is C15H22N4O2S. The Morgan fingerprint density at radius 3 is 3.18 bits per heavy atom. The summed E-state index contributed by atoms with van der Waals surface area (Å²) < 4.78 is 0. The fraction of sp³-hybridized carbons (Fsp3) is 0.667. The Labute approximate surface area is 134 Å². The summed E-state index contributed by atoms with van der Waals surface area (Å²) >= 11 is 1.92. The van der Waals surface area contributed by atoms with E-state index in [9.17, 15) is 9.90 Å². The van der Waals surface area contributed by atoms with Crippen LogP contribution in [0.15, 0.2) is 21.3 Å². The van der Waals surface area contributed by atoms with Crippen molar-refractivity contribution in [1.82, 2.24) is 10.2 Å². The van der Waals surface area contributed by atoms with E-state index in [1.165, 1.54) is 12.8 Å². The van der Waals surface area contributed by atoms with Crippen LogP contribution in [0.25, 0.3) is 0 Å². The van der Waals surface area contributed by atoms with Gasteiger partial charge in [-0.05, 0) is 17.9 Å². The van der Waals surface area contributed by atoms with Gasteiger partial charge in [-0.1, -0.05) is 6.92 Å². The van der Waals surface area contributed by atoms with E-state index >= 15 is 0 Å². The van der Waals surface area contributed by atoms with Crippen LogP contribution in [0.3, 0.4) is 0 Å². The summed E-state index contributed by atoms with van der Waals surface area (Å²) in [5, 5.41) is 12.8. The quantitative estimate of drug-likeness (QED) is 0.689. The van der Waals surface area contributed by atoms with E-state index in [1.807, 2.05) is 11.8 Å². The molecule has 3 aliphatic heterocycles. The number of nitrogens with one attached hydrogen (secondary N) is 1. The zero-order valence-electron chi connectivity index (χ0n) is 12.7. The predicted octanol–water partition coefficient (Wildman–Crippen LogP) is 0.287. The van der Waals surface area contributed by atoms with Gasteiger partial charge in [0.25, 0.3) is 5.91 Å². The van der Waals surface area contributed by atoms with Crippen molar-refractivity contribution >= 4 is 30.2 Å². The summed E-state index contributed by atoms with van der Waals surface area (Å²) in [7, 11) is 0. The van der Waals surface area contributed by atoms with E-state index < -0.39 is 6.04 Å². The third-order valence-corrected chi connectivity index (χ3v) is 5.54. The first kappa shape index (κ1) is 15.7. The minimum absolute atomic E-state index is 0.119. The molecule has 0 aliphatic carbocycles. The van der Waals surface area contributed by atoms with Gasteiger partial charge < -0.3 is 10.4 Å². The van der Waals surface area contributed by atoms with Gasteiger partial charge >= 0.3 is 0 Å². The Hall–Kier alpha value is -1.18. The van der Waals surface area contributed by atoms with Crippen LogP contribution in [-0.4, -0.2) is 71.8 Å². The molecule has 3 heterocycles. The number of likely N-dealkylation sites (tertiary alicyclic amines) is 1. The zero-order chi connectivity index (χ0) is 15.5. The van der Waals surface area contributed by atoms with Crippen LogP contribution in [0.4, 0.5) is 0 Å². The largest absolute Gasteiger partial charge is 0.391 e. The lowest BCUT2D eigenvalue weighted by Crippen LogP contribution is -2.36. The third-order valence-electron chi connectivity index (χ3n) is 4.18. The van der Waals surface area contributed by atoms with Crippen molar-refractivity contribution in [2.24, 2.45) is 15.9 Å². The lowest BCUT2D eigenvalue weighted by Gasteiger charge is -2.17. The maximum atomic E-state index is 11.7. The SMILES string of the molecule is CCCSC[C@H]1CN(CC2=C3N=CNC(=O)C3N=C2)CC1O. The molecule has 1 saturated heterocycles. The molecule has 2 N–H and O–H groups in total. The van der Waals surface area contributed by atoms with Crippen LogP contribution in [-0.2, 0) is 4.79 Å². The number of carbonyl (C=O) groups excluding carboxylic acids is 1. The molecule has 0 aromatic carbocycles. The number of amides is 1. The monoisotopic (exact) mass is 322 g/mol. The number of nitrogens with zero attached hydrogens (tertiary/aromatic N) is 3. The van der Waals surface area contributed by atoms with E-state index in [0.717, 1.165) is 29.3 Å². The molecule has 0 aromatic rings. The van der Waals surface area contributed by atoms with Gasteiger partial charge in [-0.2, -0.15) is 11.8 Å². The van der Waals surface area contributed by atoms with Crippen molar-refractivity contribution in [3.63, 3.8) is 0 Å². The number of thioether (sulfide) groups is 1. The average molecular weight is 322 g/mol. The Morgan fingerprint density at radius 2 is 2.36 bits per heavy atom. The minimum Gasteiger partial charge on any atom is -0.391 e. The van der Waals surface area contributed by atoms with Gasteiger partial charge in [0, 0.05) is 37.3 Å². The second kappa shape index (κ2) is 6.93. The summed E-state index contributed by atoms with van der Waals surface area (Å²) in [5.41, 5.74) is 1.74. The van der Waals surface area contributed by atoms with Crippen molar-refractivity contribution in [3.8, 4) is 0 Å². The van der Waals surface area contributed by atoms with Gasteiger partial charge in [-0.25, -0.2) is 4.99 Å². The van der Waals surface area contributed by atoms with Gasteiger partial charge in [0.05, 0.1) is 18.1 Å². The Bertz CT molecular complexity index is 532. The predicted molar refractivity (Wildman–Crippen MR) is 89.5 cm³/mol. The van der Waals surface area contributed by atoms with E-state index in [1.54, 1.807) is 6.21 Å². The number of rotatable bonds is 6. The zero-order valence-corrected chi connectivity index (χ0v) is 13.6. The second-order valence-corrected chi connectivity index (χ2v) is 7.10. The molecule has 0 spiro atoms. The van der Waals surface area contributed by atoms with Crippen LogP contribution in [0.5, 0.6) is 0 Å².